The van der Waals surface area contributed by atoms with Gasteiger partial charge in [-0.15, -0.1) is 0 Å². The van der Waals surface area contributed by atoms with Crippen LogP contribution in [0.1, 0.15) is 42.0 Å². The molecule has 1 nitrogen and oxygen atoms in total. The average Bonchev–Trinajstić information content (AvgIpc) is 2.86. The number of halogens is 1. The van der Waals surface area contributed by atoms with Crippen molar-refractivity contribution in [1.29, 1.82) is 0 Å². The highest BCUT2D eigenvalue weighted by molar-refractivity contribution is 7.94. The number of hydrogen-bond donors (Lipinski definition) is 1. The third-order valence-electron chi connectivity index (χ3n) is 6.03. The van der Waals surface area contributed by atoms with Gasteiger partial charge in [0.1, 0.15) is 0 Å². The van der Waals surface area contributed by atoms with Crippen LogP contribution in [0.25, 0.3) is 0 Å². The molecule has 0 bridgehead atoms. The number of nitrogens with one attached hydrogen (secondary N) is 1. The first kappa shape index (κ1) is 21.6. The molecule has 0 spiro atoms. The lowest BCUT2D eigenvalue weighted by molar-refractivity contribution is 0.466. The van der Waals surface area contributed by atoms with Crippen molar-refractivity contribution in [3.05, 3.63) is 125 Å². The minimum absolute atomic E-state index is 0.308. The molecule has 1 aliphatic carbocycles. The molecule has 0 unspecified atom stereocenters. The largest absolute Gasteiger partial charge is 0.296 e. The lowest BCUT2D eigenvalue weighted by Gasteiger charge is -2.39. The fourth-order valence-corrected chi connectivity index (χ4v) is 4.76. The zero-order valence-corrected chi connectivity index (χ0v) is 18.7. The number of rotatable bonds is 8. The van der Waals surface area contributed by atoms with Gasteiger partial charge in [0.25, 0.3) is 0 Å². The first-order valence-electron chi connectivity index (χ1n) is 10.9. The molecule has 3 heteroatoms. The maximum absolute atomic E-state index is 13.1. The first-order chi connectivity index (χ1) is 15.3. The Balaban J connectivity index is 1.83. The maximum Gasteiger partial charge on any atom is 0.0947 e. The van der Waals surface area contributed by atoms with Crippen LogP contribution in [0.5, 0.6) is 0 Å². The second kappa shape index (κ2) is 10.1. The van der Waals surface area contributed by atoms with Crippen molar-refractivity contribution in [1.82, 2.24) is 5.32 Å². The molecule has 0 aliphatic heterocycles. The molecule has 158 valence electrons. The van der Waals surface area contributed by atoms with E-state index in [-0.39, 0.29) is 0 Å². The van der Waals surface area contributed by atoms with E-state index in [2.05, 4.69) is 97.2 Å². The molecule has 0 amide bonds. The minimum atomic E-state index is -0.460. The summed E-state index contributed by atoms with van der Waals surface area (Å²) in [6, 6.07) is 27.2. The lowest BCUT2D eigenvalue weighted by atomic mass is 9.75. The highest BCUT2D eigenvalue weighted by Gasteiger charge is 2.37. The van der Waals surface area contributed by atoms with E-state index in [0.29, 0.717) is 23.6 Å². The van der Waals surface area contributed by atoms with Crippen molar-refractivity contribution in [2.24, 2.45) is 0 Å². The number of hydrogen-bond acceptors (Lipinski definition) is 2. The van der Waals surface area contributed by atoms with Crippen molar-refractivity contribution < 1.29 is 3.89 Å². The zero-order valence-electron chi connectivity index (χ0n) is 17.9. The van der Waals surface area contributed by atoms with E-state index < -0.39 is 5.54 Å². The second-order valence-corrected chi connectivity index (χ2v) is 8.46. The van der Waals surface area contributed by atoms with Crippen LogP contribution in [-0.4, -0.2) is 0 Å². The van der Waals surface area contributed by atoms with Gasteiger partial charge in [0.05, 0.1) is 17.7 Å². The van der Waals surface area contributed by atoms with Crippen LogP contribution in [0.15, 0.2) is 108 Å². The van der Waals surface area contributed by atoms with Crippen molar-refractivity contribution in [3.8, 4) is 0 Å². The first-order valence-corrected chi connectivity index (χ1v) is 11.6. The molecule has 3 aromatic carbocycles. The van der Waals surface area contributed by atoms with Gasteiger partial charge in [-0.25, -0.2) is 0 Å². The van der Waals surface area contributed by atoms with Gasteiger partial charge in [-0.05, 0) is 59.2 Å². The Morgan fingerprint density at radius 3 is 2.10 bits per heavy atom. The quantitative estimate of drug-likeness (QED) is 0.397. The molecule has 3 aromatic rings. The summed E-state index contributed by atoms with van der Waals surface area (Å²) in [5.74, 6) is 0. The fraction of sp³-hybridized carbons (Fsp3) is 0.214. The lowest BCUT2D eigenvalue weighted by Crippen LogP contribution is -2.45. The van der Waals surface area contributed by atoms with Crippen LogP contribution in [-0.2, 0) is 18.5 Å². The Morgan fingerprint density at radius 2 is 1.55 bits per heavy atom. The van der Waals surface area contributed by atoms with E-state index in [1.165, 1.54) is 27.8 Å². The summed E-state index contributed by atoms with van der Waals surface area (Å²) >= 11 is 0.308. The fourth-order valence-electron chi connectivity index (χ4n) is 4.45. The smallest absolute Gasteiger partial charge is 0.0947 e. The molecule has 0 atom stereocenters. The number of benzene rings is 3. The normalized spacial score (nSPS) is 13.8. The van der Waals surface area contributed by atoms with E-state index in [4.69, 9.17) is 0 Å². The topological polar surface area (TPSA) is 12.0 Å². The third kappa shape index (κ3) is 4.53. The highest BCUT2D eigenvalue weighted by Crippen LogP contribution is 2.39. The van der Waals surface area contributed by atoms with Gasteiger partial charge in [0, 0.05) is 11.4 Å². The van der Waals surface area contributed by atoms with Crippen molar-refractivity contribution in [2.45, 2.75) is 43.2 Å². The van der Waals surface area contributed by atoms with Crippen LogP contribution < -0.4 is 5.32 Å². The van der Waals surface area contributed by atoms with Crippen LogP contribution in [0.2, 0.25) is 0 Å². The summed E-state index contributed by atoms with van der Waals surface area (Å²) in [4.78, 5) is 0.663. The monoisotopic (exact) mass is 429 g/mol. The summed E-state index contributed by atoms with van der Waals surface area (Å²) in [6.07, 6.45) is 9.87. The molecule has 1 N–H and O–H groups in total. The molecule has 1 aliphatic rings. The van der Waals surface area contributed by atoms with E-state index in [1.54, 1.807) is 0 Å². The molecule has 0 radical (unpaired) electrons. The van der Waals surface area contributed by atoms with Gasteiger partial charge in [-0.2, -0.15) is 3.89 Å². The van der Waals surface area contributed by atoms with Gasteiger partial charge in [0.2, 0.25) is 0 Å². The van der Waals surface area contributed by atoms with Gasteiger partial charge >= 0.3 is 0 Å². The molecule has 4 rings (SSSR count). The average molecular weight is 430 g/mol. The summed E-state index contributed by atoms with van der Waals surface area (Å²) in [6.45, 7) is 2.81. The Bertz CT molecular complexity index is 1020. The van der Waals surface area contributed by atoms with Crippen LogP contribution >= 0.6 is 12.1 Å². The summed E-state index contributed by atoms with van der Waals surface area (Å²) < 4.78 is 13.1. The summed E-state index contributed by atoms with van der Waals surface area (Å²) in [5.41, 5.74) is 5.62. The van der Waals surface area contributed by atoms with E-state index in [0.717, 1.165) is 19.3 Å². The van der Waals surface area contributed by atoms with E-state index >= 15 is 0 Å². The molecule has 31 heavy (non-hydrogen) atoms. The van der Waals surface area contributed by atoms with Gasteiger partial charge in [-0.3, -0.25) is 5.32 Å². The standard InChI is InChI=1S/C28H28FNS/c1-2-22-20-27(31-29)19-18-23(22)21-30-28(24-12-6-3-7-13-24,25-14-8-4-9-15-25)26-16-10-5-11-17-26/h3-4,6-10,12-20,30H,2,5,11,21H2,1H3. The molecule has 0 heterocycles. The molecule has 0 fully saturated rings. The van der Waals surface area contributed by atoms with Crippen LogP contribution in [0.4, 0.5) is 3.89 Å². The summed E-state index contributed by atoms with van der Waals surface area (Å²) in [7, 11) is 0. The van der Waals surface area contributed by atoms with Crippen molar-refractivity contribution >= 4 is 12.1 Å². The Kier molecular flexibility index (Phi) is 7.06. The third-order valence-corrected chi connectivity index (χ3v) is 6.47. The zero-order chi connectivity index (χ0) is 21.5. The van der Waals surface area contributed by atoms with Crippen molar-refractivity contribution in [2.75, 3.05) is 0 Å². The number of aryl methyl sites for hydroxylation is 1. The van der Waals surface area contributed by atoms with E-state index in [9.17, 15) is 3.89 Å². The second-order valence-electron chi connectivity index (χ2n) is 7.84. The molecule has 0 saturated carbocycles. The van der Waals surface area contributed by atoms with Crippen LogP contribution in [0, 0.1) is 0 Å². The van der Waals surface area contributed by atoms with Crippen molar-refractivity contribution in [3.63, 3.8) is 0 Å². The Hall–Kier alpha value is -2.62. The van der Waals surface area contributed by atoms with Gasteiger partial charge < -0.3 is 0 Å². The predicted octanol–water partition coefficient (Wildman–Crippen LogP) is 7.54. The van der Waals surface area contributed by atoms with E-state index in [1.807, 2.05) is 12.1 Å². The maximum atomic E-state index is 13.1. The molecule has 0 aromatic heterocycles. The molecular formula is C28H28FNS. The Labute approximate surface area is 189 Å². The molecular weight excluding hydrogens is 401 g/mol. The van der Waals surface area contributed by atoms with Gasteiger partial charge in [0.15, 0.2) is 0 Å². The van der Waals surface area contributed by atoms with Crippen LogP contribution in [0.3, 0.4) is 0 Å². The minimum Gasteiger partial charge on any atom is -0.296 e. The predicted molar refractivity (Wildman–Crippen MR) is 130 cm³/mol. The molecule has 0 saturated heterocycles. The highest BCUT2D eigenvalue weighted by atomic mass is 32.2. The SMILES string of the molecule is CCc1cc(SF)ccc1CNC(C1=CCCC=C1)(c1ccccc1)c1ccccc1. The van der Waals surface area contributed by atoms with Gasteiger partial charge in [-0.1, -0.05) is 91.9 Å². The summed E-state index contributed by atoms with van der Waals surface area (Å²) in [5, 5.41) is 3.94. The Morgan fingerprint density at radius 1 is 0.871 bits per heavy atom. The number of allylic oxidation sites excluding steroid dienone is 2.